The third-order valence-corrected chi connectivity index (χ3v) is 4.83. The summed E-state index contributed by atoms with van der Waals surface area (Å²) in [6.07, 6.45) is 5.30. The van der Waals surface area contributed by atoms with E-state index in [4.69, 9.17) is 18.0 Å². The number of fused-ring (bicyclic) bond motifs is 3. The first-order valence-electron chi connectivity index (χ1n) is 8.76. The fourth-order valence-electron chi connectivity index (χ4n) is 3.24. The number of nitro benzene ring substituents is 1. The molecule has 144 valence electrons. The van der Waals surface area contributed by atoms with Crippen LogP contribution >= 0.6 is 11.6 Å². The minimum atomic E-state index is -0.433. The zero-order chi connectivity index (χ0) is 20.4. The van der Waals surface area contributed by atoms with E-state index in [0.29, 0.717) is 52.3 Å². The monoisotopic (exact) mass is 406 g/mol. The highest BCUT2D eigenvalue weighted by Crippen LogP contribution is 2.31. The molecule has 0 radical (unpaired) electrons. The SMILES string of the molecule is C#CCNCc1nnc2n1-c1ccc([N+](=O)[O-])cc1C(c1ccccc1Cl)=NC2. The van der Waals surface area contributed by atoms with Crippen molar-refractivity contribution >= 4 is 23.0 Å². The summed E-state index contributed by atoms with van der Waals surface area (Å²) in [5.41, 5.74) is 2.52. The molecule has 1 aromatic heterocycles. The van der Waals surface area contributed by atoms with Crippen LogP contribution in [0.5, 0.6) is 0 Å². The van der Waals surface area contributed by atoms with Crippen LogP contribution in [0.3, 0.4) is 0 Å². The molecule has 1 aliphatic rings. The Morgan fingerprint density at radius 1 is 1.24 bits per heavy atom. The normalized spacial score (nSPS) is 12.3. The largest absolute Gasteiger partial charge is 0.299 e. The third-order valence-electron chi connectivity index (χ3n) is 4.50. The maximum atomic E-state index is 11.4. The van der Waals surface area contributed by atoms with E-state index >= 15 is 0 Å². The quantitative estimate of drug-likeness (QED) is 0.304. The van der Waals surface area contributed by atoms with Gasteiger partial charge >= 0.3 is 0 Å². The van der Waals surface area contributed by atoms with Gasteiger partial charge in [-0.2, -0.15) is 0 Å². The van der Waals surface area contributed by atoms with E-state index in [0.717, 1.165) is 0 Å². The van der Waals surface area contributed by atoms with Crippen LogP contribution in [0.25, 0.3) is 5.69 Å². The van der Waals surface area contributed by atoms with E-state index < -0.39 is 4.92 Å². The van der Waals surface area contributed by atoms with E-state index in [9.17, 15) is 10.1 Å². The molecule has 0 saturated heterocycles. The smallest absolute Gasteiger partial charge is 0.270 e. The molecule has 29 heavy (non-hydrogen) atoms. The number of aliphatic imine (C=N–C) groups is 1. The highest BCUT2D eigenvalue weighted by molar-refractivity contribution is 6.35. The van der Waals surface area contributed by atoms with Gasteiger partial charge in [-0.1, -0.05) is 35.7 Å². The van der Waals surface area contributed by atoms with Crippen molar-refractivity contribution in [1.82, 2.24) is 20.1 Å². The molecule has 9 heteroatoms. The Hall–Kier alpha value is -3.54. The summed E-state index contributed by atoms with van der Waals surface area (Å²) in [6.45, 7) is 1.04. The molecule has 2 heterocycles. The minimum Gasteiger partial charge on any atom is -0.299 e. The first kappa shape index (κ1) is 18.8. The molecule has 0 unspecified atom stereocenters. The van der Waals surface area contributed by atoms with Gasteiger partial charge in [-0.15, -0.1) is 16.6 Å². The predicted molar refractivity (Wildman–Crippen MR) is 109 cm³/mol. The molecule has 0 saturated carbocycles. The number of hydrogen-bond donors (Lipinski definition) is 1. The Kier molecular flexibility index (Phi) is 5.08. The van der Waals surface area contributed by atoms with Crippen molar-refractivity contribution in [1.29, 1.82) is 0 Å². The molecule has 2 aromatic carbocycles. The summed E-state index contributed by atoms with van der Waals surface area (Å²) >= 11 is 6.40. The molecule has 0 fully saturated rings. The van der Waals surface area contributed by atoms with E-state index in [-0.39, 0.29) is 12.2 Å². The van der Waals surface area contributed by atoms with Crippen molar-refractivity contribution in [3.8, 4) is 18.0 Å². The number of nitro groups is 1. The highest BCUT2D eigenvalue weighted by atomic mass is 35.5. The van der Waals surface area contributed by atoms with Crippen LogP contribution in [0.2, 0.25) is 5.02 Å². The lowest BCUT2D eigenvalue weighted by molar-refractivity contribution is -0.384. The van der Waals surface area contributed by atoms with Gasteiger partial charge < -0.3 is 0 Å². The second kappa shape index (κ2) is 7.83. The third kappa shape index (κ3) is 3.49. The maximum Gasteiger partial charge on any atom is 0.270 e. The van der Waals surface area contributed by atoms with Gasteiger partial charge in [0.1, 0.15) is 6.54 Å². The number of rotatable bonds is 5. The van der Waals surface area contributed by atoms with Gasteiger partial charge in [-0.25, -0.2) is 0 Å². The molecule has 0 atom stereocenters. The fourth-order valence-corrected chi connectivity index (χ4v) is 3.46. The summed E-state index contributed by atoms with van der Waals surface area (Å²) in [6, 6.07) is 11.9. The molecule has 8 nitrogen and oxygen atoms in total. The summed E-state index contributed by atoms with van der Waals surface area (Å²) in [5.74, 6) is 3.78. The fraction of sp³-hybridized carbons (Fsp3) is 0.150. The zero-order valence-corrected chi connectivity index (χ0v) is 15.9. The van der Waals surface area contributed by atoms with Crippen LogP contribution in [0.15, 0.2) is 47.5 Å². The van der Waals surface area contributed by atoms with Crippen LogP contribution in [-0.4, -0.2) is 31.9 Å². The number of aromatic nitrogens is 3. The topological polar surface area (TPSA) is 98.2 Å². The average Bonchev–Trinajstić information content (AvgIpc) is 3.04. The first-order valence-corrected chi connectivity index (χ1v) is 9.14. The molecule has 1 N–H and O–H groups in total. The van der Waals surface area contributed by atoms with Gasteiger partial charge in [0.15, 0.2) is 11.6 Å². The van der Waals surface area contributed by atoms with Crippen molar-refractivity contribution in [2.24, 2.45) is 4.99 Å². The number of benzene rings is 2. The Balaban J connectivity index is 1.91. The number of nitrogens with one attached hydrogen (secondary N) is 1. The molecule has 3 aromatic rings. The van der Waals surface area contributed by atoms with Gasteiger partial charge in [0.05, 0.1) is 29.4 Å². The number of non-ortho nitro benzene ring substituents is 1. The Morgan fingerprint density at radius 3 is 2.83 bits per heavy atom. The zero-order valence-electron chi connectivity index (χ0n) is 15.2. The second-order valence-electron chi connectivity index (χ2n) is 6.28. The van der Waals surface area contributed by atoms with Crippen molar-refractivity contribution < 1.29 is 4.92 Å². The number of hydrogen-bond acceptors (Lipinski definition) is 6. The standard InChI is InChI=1S/C20H15ClN6O2/c1-2-9-22-11-18-24-25-19-12-23-20(14-5-3-4-6-16(14)21)15-10-13(27(28)29)7-8-17(15)26(18)19/h1,3-8,10,22H,9,11-12H2. The van der Waals surface area contributed by atoms with Gasteiger partial charge in [-0.05, 0) is 12.1 Å². The van der Waals surface area contributed by atoms with Crippen LogP contribution in [0.4, 0.5) is 5.69 Å². The number of halogens is 1. The Labute approximate surface area is 171 Å². The molecule has 1 aliphatic heterocycles. The van der Waals surface area contributed by atoms with Gasteiger partial charge in [0.2, 0.25) is 0 Å². The van der Waals surface area contributed by atoms with Gasteiger partial charge in [0, 0.05) is 28.3 Å². The van der Waals surface area contributed by atoms with Gasteiger partial charge in [-0.3, -0.25) is 25.0 Å². The predicted octanol–water partition coefficient (Wildman–Crippen LogP) is 2.90. The maximum absolute atomic E-state index is 11.4. The molecule has 0 amide bonds. The minimum absolute atomic E-state index is 0.0352. The van der Waals surface area contributed by atoms with Crippen molar-refractivity contribution in [2.45, 2.75) is 13.1 Å². The molecular formula is C20H15ClN6O2. The molecule has 0 spiro atoms. The summed E-state index contributed by atoms with van der Waals surface area (Å²) in [5, 5.41) is 23.5. The van der Waals surface area contributed by atoms with Crippen LogP contribution in [-0.2, 0) is 13.1 Å². The lowest BCUT2D eigenvalue weighted by Crippen LogP contribution is -2.18. The first-order chi connectivity index (χ1) is 14.1. The lowest BCUT2D eigenvalue weighted by atomic mass is 9.99. The van der Waals surface area contributed by atoms with Crippen molar-refractivity contribution in [3.63, 3.8) is 0 Å². The summed E-state index contributed by atoms with van der Waals surface area (Å²) in [4.78, 5) is 15.6. The van der Waals surface area contributed by atoms with Crippen LogP contribution in [0.1, 0.15) is 22.8 Å². The second-order valence-corrected chi connectivity index (χ2v) is 6.69. The Morgan fingerprint density at radius 2 is 2.07 bits per heavy atom. The van der Waals surface area contributed by atoms with Crippen molar-refractivity contribution in [3.05, 3.63) is 80.4 Å². The highest BCUT2D eigenvalue weighted by Gasteiger charge is 2.25. The van der Waals surface area contributed by atoms with E-state index in [1.807, 2.05) is 22.8 Å². The lowest BCUT2D eigenvalue weighted by Gasteiger charge is -2.14. The Bertz CT molecular complexity index is 1180. The van der Waals surface area contributed by atoms with Crippen LogP contribution in [0, 0.1) is 22.5 Å². The van der Waals surface area contributed by atoms with Crippen molar-refractivity contribution in [2.75, 3.05) is 6.54 Å². The summed E-state index contributed by atoms with van der Waals surface area (Å²) < 4.78 is 1.86. The molecular weight excluding hydrogens is 392 g/mol. The summed E-state index contributed by atoms with van der Waals surface area (Å²) in [7, 11) is 0. The number of nitrogens with zero attached hydrogens (tertiary/aromatic N) is 5. The molecule has 0 bridgehead atoms. The molecule has 0 aliphatic carbocycles. The van der Waals surface area contributed by atoms with Gasteiger partial charge in [0.25, 0.3) is 5.69 Å². The van der Waals surface area contributed by atoms with E-state index in [2.05, 4.69) is 26.4 Å². The van der Waals surface area contributed by atoms with Crippen LogP contribution < -0.4 is 5.32 Å². The van der Waals surface area contributed by atoms with E-state index in [1.54, 1.807) is 12.1 Å². The number of terminal acetylenes is 1. The van der Waals surface area contributed by atoms with E-state index in [1.165, 1.54) is 12.1 Å². The average molecular weight is 407 g/mol. The molecule has 4 rings (SSSR count).